The summed E-state index contributed by atoms with van der Waals surface area (Å²) in [6.45, 7) is 12.0. The van der Waals surface area contributed by atoms with Crippen LogP contribution in [-0.4, -0.2) is 43.3 Å². The topological polar surface area (TPSA) is 93.7 Å². The molecule has 2 amide bonds. The van der Waals surface area contributed by atoms with E-state index in [0.29, 0.717) is 13.0 Å². The van der Waals surface area contributed by atoms with Gasteiger partial charge in [0.1, 0.15) is 12.1 Å². The first-order chi connectivity index (χ1) is 12.7. The van der Waals surface area contributed by atoms with Crippen LogP contribution in [0.3, 0.4) is 0 Å². The maximum atomic E-state index is 12.6. The zero-order valence-electron chi connectivity index (χ0n) is 17.8. The number of ether oxygens (including phenoxy) is 2. The van der Waals surface area contributed by atoms with Crippen molar-refractivity contribution in [2.75, 3.05) is 13.2 Å². The fraction of sp³-hybridized carbons (Fsp3) is 0.850. The summed E-state index contributed by atoms with van der Waals surface area (Å²) in [5, 5.41) is 5.24. The second kappa shape index (κ2) is 14.3. The molecule has 0 aliphatic heterocycles. The lowest BCUT2D eigenvalue weighted by molar-refractivity contribution is -0.147. The normalized spacial score (nSPS) is 14.2. The molecule has 0 spiro atoms. The van der Waals surface area contributed by atoms with E-state index in [9.17, 15) is 14.4 Å². The summed E-state index contributed by atoms with van der Waals surface area (Å²) in [6, 6.07) is -1.54. The Hall–Kier alpha value is -1.79. The highest BCUT2D eigenvalue weighted by Crippen LogP contribution is 2.09. The van der Waals surface area contributed by atoms with Crippen molar-refractivity contribution < 1.29 is 23.9 Å². The Bertz CT molecular complexity index is 454. The highest BCUT2D eigenvalue weighted by molar-refractivity contribution is 5.89. The van der Waals surface area contributed by atoms with Crippen LogP contribution in [0, 0.1) is 11.8 Å². The maximum Gasteiger partial charge on any atom is 0.407 e. The zero-order chi connectivity index (χ0) is 20.8. The second-order valence-corrected chi connectivity index (χ2v) is 7.46. The second-order valence-electron chi connectivity index (χ2n) is 7.46. The smallest absolute Gasteiger partial charge is 0.407 e. The van der Waals surface area contributed by atoms with Crippen molar-refractivity contribution >= 4 is 18.0 Å². The van der Waals surface area contributed by atoms with Crippen LogP contribution in [0.2, 0.25) is 0 Å². The van der Waals surface area contributed by atoms with E-state index in [1.54, 1.807) is 6.92 Å². The van der Waals surface area contributed by atoms with Crippen LogP contribution in [0.25, 0.3) is 0 Å². The highest BCUT2D eigenvalue weighted by atomic mass is 16.5. The van der Waals surface area contributed by atoms with Crippen LogP contribution in [-0.2, 0) is 19.1 Å². The minimum atomic E-state index is -0.774. The Kier molecular flexibility index (Phi) is 13.3. The summed E-state index contributed by atoms with van der Waals surface area (Å²) in [6.07, 6.45) is 4.12. The number of unbranched alkanes of at least 4 members (excludes halogenated alkanes) is 3. The van der Waals surface area contributed by atoms with E-state index in [4.69, 9.17) is 9.47 Å². The van der Waals surface area contributed by atoms with E-state index < -0.39 is 30.1 Å². The number of carbonyl (C=O) groups excluding carboxylic acids is 3. The van der Waals surface area contributed by atoms with Gasteiger partial charge in [0.05, 0.1) is 13.2 Å². The Morgan fingerprint density at radius 3 is 2.11 bits per heavy atom. The van der Waals surface area contributed by atoms with Gasteiger partial charge in [-0.15, -0.1) is 0 Å². The Morgan fingerprint density at radius 2 is 1.56 bits per heavy atom. The van der Waals surface area contributed by atoms with Gasteiger partial charge in [-0.05, 0) is 25.2 Å². The van der Waals surface area contributed by atoms with Crippen molar-refractivity contribution in [2.45, 2.75) is 85.7 Å². The molecule has 0 aliphatic carbocycles. The van der Waals surface area contributed by atoms with Crippen molar-refractivity contribution in [3.05, 3.63) is 0 Å². The minimum absolute atomic E-state index is 0.103. The number of hydrogen-bond donors (Lipinski definition) is 2. The van der Waals surface area contributed by atoms with Crippen molar-refractivity contribution in [3.8, 4) is 0 Å². The van der Waals surface area contributed by atoms with E-state index in [1.807, 2.05) is 27.7 Å². The van der Waals surface area contributed by atoms with Crippen LogP contribution >= 0.6 is 0 Å². The molecule has 3 atom stereocenters. The average Bonchev–Trinajstić information content (AvgIpc) is 2.63. The fourth-order valence-electron chi connectivity index (χ4n) is 2.30. The molecule has 0 fully saturated rings. The predicted molar refractivity (Wildman–Crippen MR) is 105 cm³/mol. The van der Waals surface area contributed by atoms with Gasteiger partial charge in [-0.1, -0.05) is 60.3 Å². The molecule has 7 heteroatoms. The standard InChI is InChI=1S/C20H38N2O5/c1-7-9-10-11-12-26-19(24)16(6)21-18(23)17(15(5)8-2)22-20(25)27-13-14(3)4/h14-17H,7-13H2,1-6H3,(H,21,23)(H,22,25). The van der Waals surface area contributed by atoms with Gasteiger partial charge in [-0.25, -0.2) is 9.59 Å². The third kappa shape index (κ3) is 11.5. The van der Waals surface area contributed by atoms with E-state index in [0.717, 1.165) is 25.7 Å². The van der Waals surface area contributed by atoms with Gasteiger partial charge in [-0.2, -0.15) is 0 Å². The number of alkyl carbamates (subject to hydrolysis) is 1. The molecular formula is C20H38N2O5. The van der Waals surface area contributed by atoms with Gasteiger partial charge in [-0.3, -0.25) is 4.79 Å². The molecule has 0 saturated carbocycles. The monoisotopic (exact) mass is 386 g/mol. The summed E-state index contributed by atoms with van der Waals surface area (Å²) in [5.74, 6) is -0.779. The molecule has 0 heterocycles. The lowest BCUT2D eigenvalue weighted by Crippen LogP contribution is -2.53. The Labute approximate surface area is 163 Å². The van der Waals surface area contributed by atoms with Crippen molar-refractivity contribution in [3.63, 3.8) is 0 Å². The quantitative estimate of drug-likeness (QED) is 0.374. The molecule has 0 saturated heterocycles. The number of nitrogens with one attached hydrogen (secondary N) is 2. The molecule has 27 heavy (non-hydrogen) atoms. The molecule has 3 unspecified atom stereocenters. The van der Waals surface area contributed by atoms with Crippen LogP contribution in [0.1, 0.15) is 73.6 Å². The first kappa shape index (κ1) is 25.2. The first-order valence-corrected chi connectivity index (χ1v) is 10.1. The van der Waals surface area contributed by atoms with Gasteiger partial charge in [0, 0.05) is 0 Å². The largest absolute Gasteiger partial charge is 0.464 e. The minimum Gasteiger partial charge on any atom is -0.464 e. The van der Waals surface area contributed by atoms with Gasteiger partial charge < -0.3 is 20.1 Å². The molecule has 0 radical (unpaired) electrons. The maximum absolute atomic E-state index is 12.6. The average molecular weight is 387 g/mol. The predicted octanol–water partition coefficient (Wildman–Crippen LogP) is 3.41. The Morgan fingerprint density at radius 1 is 0.889 bits per heavy atom. The van der Waals surface area contributed by atoms with Crippen molar-refractivity contribution in [2.24, 2.45) is 11.8 Å². The number of amides is 2. The van der Waals surface area contributed by atoms with Crippen molar-refractivity contribution in [1.82, 2.24) is 10.6 Å². The lowest BCUT2D eigenvalue weighted by Gasteiger charge is -2.25. The molecule has 0 bridgehead atoms. The van der Waals surface area contributed by atoms with E-state index in [-0.39, 0.29) is 18.4 Å². The number of esters is 1. The van der Waals surface area contributed by atoms with Crippen LogP contribution < -0.4 is 10.6 Å². The van der Waals surface area contributed by atoms with Crippen LogP contribution in [0.4, 0.5) is 4.79 Å². The fourth-order valence-corrected chi connectivity index (χ4v) is 2.30. The van der Waals surface area contributed by atoms with Gasteiger partial charge in [0.15, 0.2) is 0 Å². The molecule has 0 aromatic carbocycles. The molecule has 7 nitrogen and oxygen atoms in total. The summed E-state index contributed by atoms with van der Waals surface area (Å²) in [4.78, 5) is 36.5. The third-order valence-electron chi connectivity index (χ3n) is 4.27. The molecule has 0 aliphatic rings. The molecular weight excluding hydrogens is 348 g/mol. The molecule has 2 N–H and O–H groups in total. The lowest BCUT2D eigenvalue weighted by atomic mass is 9.98. The first-order valence-electron chi connectivity index (χ1n) is 10.1. The molecule has 0 rings (SSSR count). The summed E-state index contributed by atoms with van der Waals surface area (Å²) < 4.78 is 10.3. The summed E-state index contributed by atoms with van der Waals surface area (Å²) >= 11 is 0. The molecule has 158 valence electrons. The number of rotatable bonds is 13. The summed E-state index contributed by atoms with van der Waals surface area (Å²) in [5.41, 5.74) is 0. The van der Waals surface area contributed by atoms with Crippen molar-refractivity contribution in [1.29, 1.82) is 0 Å². The number of hydrogen-bond acceptors (Lipinski definition) is 5. The van der Waals surface area contributed by atoms with Crippen LogP contribution in [0.15, 0.2) is 0 Å². The van der Waals surface area contributed by atoms with E-state index in [2.05, 4.69) is 17.6 Å². The van der Waals surface area contributed by atoms with E-state index in [1.165, 1.54) is 0 Å². The molecule has 0 aromatic rings. The Balaban J connectivity index is 4.56. The van der Waals surface area contributed by atoms with Crippen LogP contribution in [0.5, 0.6) is 0 Å². The van der Waals surface area contributed by atoms with Gasteiger partial charge in [0.2, 0.25) is 5.91 Å². The molecule has 0 aromatic heterocycles. The highest BCUT2D eigenvalue weighted by Gasteiger charge is 2.29. The van der Waals surface area contributed by atoms with E-state index >= 15 is 0 Å². The SMILES string of the molecule is CCCCCCOC(=O)C(C)NC(=O)C(NC(=O)OCC(C)C)C(C)CC. The van der Waals surface area contributed by atoms with Gasteiger partial charge in [0.25, 0.3) is 0 Å². The third-order valence-corrected chi connectivity index (χ3v) is 4.27. The van der Waals surface area contributed by atoms with Gasteiger partial charge >= 0.3 is 12.1 Å². The number of carbonyl (C=O) groups is 3. The zero-order valence-corrected chi connectivity index (χ0v) is 17.8. The summed E-state index contributed by atoms with van der Waals surface area (Å²) in [7, 11) is 0.